The van der Waals surface area contributed by atoms with Crippen molar-refractivity contribution in [3.8, 4) is 0 Å². The summed E-state index contributed by atoms with van der Waals surface area (Å²) in [5.41, 5.74) is 1.86. The zero-order valence-electron chi connectivity index (χ0n) is 25.6. The number of ether oxygens (including phenoxy) is 1. The minimum absolute atomic E-state index is 0.0371. The maximum atomic E-state index is 14.3. The molecule has 0 saturated carbocycles. The number of carbonyl (C=O) groups excluding carboxylic acids is 3. The minimum Gasteiger partial charge on any atom is -0.434 e. The van der Waals surface area contributed by atoms with Crippen molar-refractivity contribution in [2.45, 2.75) is 57.3 Å². The Labute approximate surface area is 262 Å². The van der Waals surface area contributed by atoms with Crippen LogP contribution >= 0.6 is 0 Å². The number of aliphatic hydroxyl groups excluding tert-OH is 1. The van der Waals surface area contributed by atoms with Gasteiger partial charge >= 0.3 is 6.09 Å². The van der Waals surface area contributed by atoms with E-state index in [2.05, 4.69) is 5.32 Å². The number of nitrogens with one attached hydrogen (secondary N) is 1. The van der Waals surface area contributed by atoms with Gasteiger partial charge in [0, 0.05) is 24.3 Å². The molecule has 10 nitrogen and oxygen atoms in total. The molecule has 2 N–H and O–H groups in total. The van der Waals surface area contributed by atoms with Gasteiger partial charge in [-0.3, -0.25) is 14.5 Å². The average molecular weight is 640 g/mol. The zero-order chi connectivity index (χ0) is 32.9. The van der Waals surface area contributed by atoms with E-state index >= 15 is 0 Å². The lowest BCUT2D eigenvalue weighted by Gasteiger charge is -2.31. The SMILES string of the molecule is CC(=O)c1cccc(N2C[C@@H](C(=O)N[C@@H](Cc3ccccc3)[C@H](O)CN(CC(C)C)S(=O)(=O)c3ccc(C)c(F)c3)OC2=O)c1. The van der Waals surface area contributed by atoms with Gasteiger partial charge in [0.1, 0.15) is 5.82 Å². The van der Waals surface area contributed by atoms with Crippen molar-refractivity contribution in [1.82, 2.24) is 9.62 Å². The van der Waals surface area contributed by atoms with Gasteiger partial charge in [-0.1, -0.05) is 62.4 Å². The standard InChI is InChI=1S/C33H38FN3O7S/c1-21(2)18-36(45(42,43)27-14-13-22(3)28(34)17-27)19-30(39)29(15-24-9-6-5-7-10-24)35-32(40)31-20-37(33(41)44-31)26-12-8-11-25(16-26)23(4)38/h5-14,16-17,21,29-31,39H,15,18-20H2,1-4H3,(H,35,40)/t29-,30+,31-/m0/s1. The molecule has 12 heteroatoms. The topological polar surface area (TPSA) is 133 Å². The number of carbonyl (C=O) groups is 3. The Morgan fingerprint density at radius 2 is 1.78 bits per heavy atom. The number of Topliss-reactive ketones (excluding diaryl/α,β-unsaturated/α-hetero) is 1. The van der Waals surface area contributed by atoms with Crippen LogP contribution in [0.3, 0.4) is 0 Å². The van der Waals surface area contributed by atoms with Gasteiger partial charge in [-0.25, -0.2) is 17.6 Å². The van der Waals surface area contributed by atoms with E-state index in [-0.39, 0.29) is 42.7 Å². The summed E-state index contributed by atoms with van der Waals surface area (Å²) in [4.78, 5) is 39.0. The fourth-order valence-corrected chi connectivity index (χ4v) is 6.66. The molecule has 0 spiro atoms. The molecule has 0 bridgehead atoms. The molecule has 3 aromatic rings. The lowest BCUT2D eigenvalue weighted by molar-refractivity contribution is -0.129. The Balaban J connectivity index is 1.56. The highest BCUT2D eigenvalue weighted by Crippen LogP contribution is 2.24. The third-order valence-corrected chi connectivity index (χ3v) is 9.33. The first-order valence-electron chi connectivity index (χ1n) is 14.6. The summed E-state index contributed by atoms with van der Waals surface area (Å²) in [5, 5.41) is 14.2. The van der Waals surface area contributed by atoms with Gasteiger partial charge in [0.25, 0.3) is 5.91 Å². The Kier molecular flexibility index (Phi) is 10.7. The van der Waals surface area contributed by atoms with Crippen LogP contribution in [-0.4, -0.2) is 73.5 Å². The second kappa shape index (κ2) is 14.3. The highest BCUT2D eigenvalue weighted by Gasteiger charge is 2.39. The molecule has 0 aromatic heterocycles. The summed E-state index contributed by atoms with van der Waals surface area (Å²) in [7, 11) is -4.22. The van der Waals surface area contributed by atoms with Crippen LogP contribution in [0.2, 0.25) is 0 Å². The number of nitrogens with zero attached hydrogens (tertiary/aromatic N) is 2. The van der Waals surface area contributed by atoms with Crippen molar-refractivity contribution in [1.29, 1.82) is 0 Å². The number of sulfonamides is 1. The highest BCUT2D eigenvalue weighted by atomic mass is 32.2. The molecule has 0 unspecified atom stereocenters. The normalized spacial score (nSPS) is 16.5. The first-order valence-corrected chi connectivity index (χ1v) is 16.1. The number of benzene rings is 3. The summed E-state index contributed by atoms with van der Waals surface area (Å²) in [6.07, 6.45) is -3.24. The number of aliphatic hydroxyl groups is 1. The Bertz CT molecular complexity index is 1650. The van der Waals surface area contributed by atoms with E-state index in [9.17, 15) is 32.3 Å². The number of ketones is 1. The van der Waals surface area contributed by atoms with Crippen molar-refractivity contribution in [2.75, 3.05) is 24.5 Å². The van der Waals surface area contributed by atoms with E-state index < -0.39 is 46.1 Å². The largest absolute Gasteiger partial charge is 0.434 e. The lowest BCUT2D eigenvalue weighted by atomic mass is 10.0. The summed E-state index contributed by atoms with van der Waals surface area (Å²) in [6.45, 7) is 6.09. The number of cyclic esters (lactones) is 1. The fraction of sp³-hybridized carbons (Fsp3) is 0.364. The second-order valence-electron chi connectivity index (χ2n) is 11.6. The van der Waals surface area contributed by atoms with Gasteiger partial charge in [0.05, 0.1) is 23.6 Å². The van der Waals surface area contributed by atoms with Crippen molar-refractivity contribution < 1.29 is 37.0 Å². The molecule has 1 aliphatic rings. The first kappa shape index (κ1) is 33.8. The third-order valence-electron chi connectivity index (χ3n) is 7.50. The lowest BCUT2D eigenvalue weighted by Crippen LogP contribution is -2.53. The van der Waals surface area contributed by atoms with Crippen LogP contribution in [0, 0.1) is 18.7 Å². The van der Waals surface area contributed by atoms with Crippen LogP contribution in [0.15, 0.2) is 77.7 Å². The maximum absolute atomic E-state index is 14.3. The predicted octanol–water partition coefficient (Wildman–Crippen LogP) is 4.10. The molecule has 1 fully saturated rings. The number of anilines is 1. The van der Waals surface area contributed by atoms with Gasteiger partial charge in [0.15, 0.2) is 11.9 Å². The molecule has 3 aromatic carbocycles. The highest BCUT2D eigenvalue weighted by molar-refractivity contribution is 7.89. The van der Waals surface area contributed by atoms with Crippen LogP contribution in [0.5, 0.6) is 0 Å². The maximum Gasteiger partial charge on any atom is 0.415 e. The van der Waals surface area contributed by atoms with Gasteiger partial charge in [-0.05, 0) is 61.6 Å². The molecule has 1 aliphatic heterocycles. The van der Waals surface area contributed by atoms with Crippen molar-refractivity contribution in [2.24, 2.45) is 5.92 Å². The van der Waals surface area contributed by atoms with E-state index in [1.165, 1.54) is 36.9 Å². The molecule has 0 aliphatic carbocycles. The van der Waals surface area contributed by atoms with Crippen molar-refractivity contribution in [3.63, 3.8) is 0 Å². The molecule has 2 amide bonds. The summed E-state index contributed by atoms with van der Waals surface area (Å²) in [5.74, 6) is -1.65. The molecule has 4 rings (SSSR count). The van der Waals surface area contributed by atoms with Gasteiger partial charge in [-0.15, -0.1) is 0 Å². The number of amides is 2. The van der Waals surface area contributed by atoms with Gasteiger partial charge < -0.3 is 15.2 Å². The number of rotatable bonds is 13. The number of halogens is 1. The summed E-state index contributed by atoms with van der Waals surface area (Å²) in [6, 6.07) is 18.1. The number of aryl methyl sites for hydroxylation is 1. The van der Waals surface area contributed by atoms with Crippen molar-refractivity contribution in [3.05, 3.63) is 95.3 Å². The minimum atomic E-state index is -4.22. The monoisotopic (exact) mass is 639 g/mol. The molecule has 0 radical (unpaired) electrons. The molecule has 45 heavy (non-hydrogen) atoms. The Morgan fingerprint density at radius 3 is 2.42 bits per heavy atom. The van der Waals surface area contributed by atoms with Gasteiger partial charge in [0.2, 0.25) is 10.0 Å². The number of hydrogen-bond donors (Lipinski definition) is 2. The van der Waals surface area contributed by atoms with Gasteiger partial charge in [-0.2, -0.15) is 4.31 Å². The Morgan fingerprint density at radius 1 is 1.07 bits per heavy atom. The Hall–Kier alpha value is -4.13. The van der Waals surface area contributed by atoms with E-state index in [4.69, 9.17) is 4.74 Å². The van der Waals surface area contributed by atoms with E-state index in [0.717, 1.165) is 15.9 Å². The van der Waals surface area contributed by atoms with E-state index in [0.29, 0.717) is 16.8 Å². The summed E-state index contributed by atoms with van der Waals surface area (Å²) < 4.78 is 48.0. The van der Waals surface area contributed by atoms with Crippen LogP contribution in [-0.2, 0) is 26.0 Å². The molecule has 240 valence electrons. The molecular weight excluding hydrogens is 601 g/mol. The van der Waals surface area contributed by atoms with E-state index in [1.54, 1.807) is 30.3 Å². The quantitative estimate of drug-likeness (QED) is 0.269. The average Bonchev–Trinajstić information content (AvgIpc) is 3.39. The predicted molar refractivity (Wildman–Crippen MR) is 167 cm³/mol. The van der Waals surface area contributed by atoms with Crippen LogP contribution in [0.25, 0.3) is 0 Å². The molecule has 1 saturated heterocycles. The molecular formula is C33H38FN3O7S. The van der Waals surface area contributed by atoms with Crippen molar-refractivity contribution >= 4 is 33.5 Å². The number of hydrogen-bond acceptors (Lipinski definition) is 7. The molecule has 1 heterocycles. The smallest absolute Gasteiger partial charge is 0.415 e. The third kappa shape index (κ3) is 8.33. The second-order valence-corrected chi connectivity index (χ2v) is 13.5. The fourth-order valence-electron chi connectivity index (χ4n) is 5.03. The molecule has 3 atom stereocenters. The van der Waals surface area contributed by atoms with Crippen LogP contribution in [0.4, 0.5) is 14.9 Å². The first-order chi connectivity index (χ1) is 21.3. The van der Waals surface area contributed by atoms with Crippen LogP contribution in [0.1, 0.15) is 42.3 Å². The zero-order valence-corrected chi connectivity index (χ0v) is 26.5. The van der Waals surface area contributed by atoms with E-state index in [1.807, 2.05) is 32.0 Å². The van der Waals surface area contributed by atoms with Crippen LogP contribution < -0.4 is 10.2 Å². The summed E-state index contributed by atoms with van der Waals surface area (Å²) >= 11 is 0.